The second-order valence-corrected chi connectivity index (χ2v) is 9.45. The summed E-state index contributed by atoms with van der Waals surface area (Å²) >= 11 is 0. The Kier molecular flexibility index (Phi) is 6.34. The van der Waals surface area contributed by atoms with Crippen LogP contribution < -0.4 is 15.4 Å². The fraction of sp³-hybridized carbons (Fsp3) is 0.423. The van der Waals surface area contributed by atoms with Gasteiger partial charge in [-0.05, 0) is 35.7 Å². The molecule has 2 aliphatic rings. The van der Waals surface area contributed by atoms with Crippen molar-refractivity contribution in [3.05, 3.63) is 59.9 Å². The minimum absolute atomic E-state index is 0.000580. The molecule has 8 heteroatoms. The topological polar surface area (TPSA) is 82.6 Å². The van der Waals surface area contributed by atoms with Crippen molar-refractivity contribution in [2.75, 3.05) is 32.1 Å². The lowest BCUT2D eigenvalue weighted by Gasteiger charge is -2.42. The number of ether oxygens (including phenoxy) is 1. The number of fused-ring (bicyclic) bond motifs is 5. The minimum Gasteiger partial charge on any atom is -0.497 e. The maximum Gasteiger partial charge on any atom is 0.244 e. The molecule has 0 saturated carbocycles. The van der Waals surface area contributed by atoms with Crippen LogP contribution in [0, 0.1) is 5.92 Å². The minimum atomic E-state index is -0.389. The van der Waals surface area contributed by atoms with Gasteiger partial charge in [-0.3, -0.25) is 14.6 Å². The lowest BCUT2D eigenvalue weighted by atomic mass is 10.0. The van der Waals surface area contributed by atoms with E-state index in [0.717, 1.165) is 54.5 Å². The number of amides is 1. The number of carbonyl (C=O) groups excluding carboxylic acids is 1. The number of nitrogens with one attached hydrogen (secondary N) is 2. The van der Waals surface area contributed by atoms with E-state index in [4.69, 9.17) is 14.7 Å². The molecule has 2 aromatic carbocycles. The van der Waals surface area contributed by atoms with Crippen LogP contribution in [0.1, 0.15) is 25.2 Å². The number of aromatic nitrogens is 2. The number of piperazine rings is 1. The largest absolute Gasteiger partial charge is 0.497 e. The number of benzene rings is 2. The maximum absolute atomic E-state index is 13.4. The molecule has 1 saturated heterocycles. The highest BCUT2D eigenvalue weighted by Gasteiger charge is 2.33. The zero-order valence-electron chi connectivity index (χ0n) is 20.0. The number of carbonyl (C=O) groups is 1. The van der Waals surface area contributed by atoms with Crippen LogP contribution in [0.4, 0.5) is 5.82 Å². The number of anilines is 1. The Morgan fingerprint density at radius 1 is 1.09 bits per heavy atom. The lowest BCUT2D eigenvalue weighted by molar-refractivity contribution is -0.125. The van der Waals surface area contributed by atoms with E-state index in [2.05, 4.69) is 46.4 Å². The van der Waals surface area contributed by atoms with E-state index in [0.29, 0.717) is 6.54 Å². The third-order valence-corrected chi connectivity index (χ3v) is 6.66. The molecule has 3 aromatic rings. The van der Waals surface area contributed by atoms with Gasteiger partial charge < -0.3 is 15.4 Å². The highest BCUT2D eigenvalue weighted by Crippen LogP contribution is 2.25. The summed E-state index contributed by atoms with van der Waals surface area (Å²) in [5.74, 6) is 2.45. The fourth-order valence-electron chi connectivity index (χ4n) is 4.80. The predicted octanol–water partition coefficient (Wildman–Crippen LogP) is 2.85. The molecule has 5 rings (SSSR count). The van der Waals surface area contributed by atoms with Gasteiger partial charge >= 0.3 is 0 Å². The number of para-hydroxylation sites is 1. The van der Waals surface area contributed by atoms with E-state index >= 15 is 0 Å². The van der Waals surface area contributed by atoms with Gasteiger partial charge in [0.2, 0.25) is 5.91 Å². The average molecular weight is 461 g/mol. The van der Waals surface area contributed by atoms with Crippen LogP contribution in [-0.2, 0) is 17.9 Å². The molecule has 2 atom stereocenters. The Balaban J connectivity index is 1.43. The molecule has 34 heavy (non-hydrogen) atoms. The summed E-state index contributed by atoms with van der Waals surface area (Å²) in [6.45, 7) is 7.95. The second-order valence-electron chi connectivity index (χ2n) is 9.45. The van der Waals surface area contributed by atoms with Gasteiger partial charge in [0.25, 0.3) is 0 Å². The van der Waals surface area contributed by atoms with Gasteiger partial charge in [-0.25, -0.2) is 9.97 Å². The predicted molar refractivity (Wildman–Crippen MR) is 132 cm³/mol. The Hall–Kier alpha value is -3.23. The molecule has 1 unspecified atom stereocenters. The smallest absolute Gasteiger partial charge is 0.244 e. The monoisotopic (exact) mass is 460 g/mol. The van der Waals surface area contributed by atoms with Crippen LogP contribution in [0.2, 0.25) is 0 Å². The SMILES string of the molecule is COc1cccc(CN2CCN3Cc4nc(c5ccccc5n4)N[C@@H](C(C)C)C(=O)NC3C2)c1. The Bertz CT molecular complexity index is 1180. The molecule has 1 amide bonds. The third-order valence-electron chi connectivity index (χ3n) is 6.66. The highest BCUT2D eigenvalue weighted by atomic mass is 16.5. The van der Waals surface area contributed by atoms with Crippen LogP contribution in [-0.4, -0.2) is 64.6 Å². The van der Waals surface area contributed by atoms with E-state index in [1.807, 2.05) is 36.4 Å². The zero-order chi connectivity index (χ0) is 23.7. The van der Waals surface area contributed by atoms with Crippen molar-refractivity contribution in [1.29, 1.82) is 0 Å². The van der Waals surface area contributed by atoms with Crippen molar-refractivity contribution in [3.63, 3.8) is 0 Å². The van der Waals surface area contributed by atoms with Gasteiger partial charge in [0.1, 0.15) is 23.4 Å². The van der Waals surface area contributed by atoms with Crippen LogP contribution in [0.15, 0.2) is 48.5 Å². The normalized spacial score (nSPS) is 21.6. The molecule has 2 bridgehead atoms. The van der Waals surface area contributed by atoms with Crippen molar-refractivity contribution >= 4 is 22.6 Å². The first-order chi connectivity index (χ1) is 16.5. The zero-order valence-corrected chi connectivity index (χ0v) is 20.0. The van der Waals surface area contributed by atoms with Crippen molar-refractivity contribution in [3.8, 4) is 5.75 Å². The Morgan fingerprint density at radius 3 is 2.76 bits per heavy atom. The summed E-state index contributed by atoms with van der Waals surface area (Å²) in [5.41, 5.74) is 2.09. The summed E-state index contributed by atoms with van der Waals surface area (Å²) in [4.78, 5) is 27.8. The highest BCUT2D eigenvalue weighted by molar-refractivity contribution is 5.92. The quantitative estimate of drug-likeness (QED) is 0.620. The number of rotatable bonds is 4. The molecular formula is C26H32N6O2. The van der Waals surface area contributed by atoms with Crippen LogP contribution in [0.5, 0.6) is 5.75 Å². The molecule has 178 valence electrons. The molecule has 8 nitrogen and oxygen atoms in total. The van der Waals surface area contributed by atoms with Crippen LogP contribution in [0.3, 0.4) is 0 Å². The average Bonchev–Trinajstić information content (AvgIpc) is 2.83. The summed E-state index contributed by atoms with van der Waals surface area (Å²) in [6, 6.07) is 15.7. The van der Waals surface area contributed by atoms with Crippen molar-refractivity contribution < 1.29 is 9.53 Å². The van der Waals surface area contributed by atoms with Gasteiger partial charge in [-0.2, -0.15) is 0 Å². The number of hydrogen-bond acceptors (Lipinski definition) is 7. The van der Waals surface area contributed by atoms with Gasteiger partial charge in [0.15, 0.2) is 0 Å². The molecule has 2 N–H and O–H groups in total. The first kappa shape index (κ1) is 22.6. The molecule has 3 heterocycles. The van der Waals surface area contributed by atoms with E-state index in [1.165, 1.54) is 5.56 Å². The second kappa shape index (κ2) is 9.56. The summed E-state index contributed by atoms with van der Waals surface area (Å²) < 4.78 is 5.38. The van der Waals surface area contributed by atoms with E-state index in [9.17, 15) is 4.79 Å². The number of hydrogen-bond donors (Lipinski definition) is 2. The van der Waals surface area contributed by atoms with Crippen molar-refractivity contribution in [1.82, 2.24) is 25.1 Å². The van der Waals surface area contributed by atoms with Gasteiger partial charge in [0, 0.05) is 31.6 Å². The van der Waals surface area contributed by atoms with Crippen molar-refractivity contribution in [2.45, 2.75) is 39.1 Å². The number of nitrogens with zero attached hydrogens (tertiary/aromatic N) is 4. The number of methoxy groups -OCH3 is 1. The Labute approximate surface area is 200 Å². The summed E-state index contributed by atoms with van der Waals surface area (Å²) in [7, 11) is 1.69. The van der Waals surface area contributed by atoms with E-state index in [-0.39, 0.29) is 24.0 Å². The van der Waals surface area contributed by atoms with E-state index in [1.54, 1.807) is 7.11 Å². The maximum atomic E-state index is 13.4. The Morgan fingerprint density at radius 2 is 1.94 bits per heavy atom. The lowest BCUT2D eigenvalue weighted by Crippen LogP contribution is -2.62. The van der Waals surface area contributed by atoms with Crippen LogP contribution >= 0.6 is 0 Å². The molecule has 1 aromatic heterocycles. The van der Waals surface area contributed by atoms with Gasteiger partial charge in [-0.15, -0.1) is 0 Å². The molecular weight excluding hydrogens is 428 g/mol. The molecule has 1 fully saturated rings. The molecule has 0 aliphatic carbocycles. The fourth-order valence-corrected chi connectivity index (χ4v) is 4.80. The molecule has 2 aliphatic heterocycles. The van der Waals surface area contributed by atoms with E-state index < -0.39 is 0 Å². The summed E-state index contributed by atoms with van der Waals surface area (Å²) in [5, 5.41) is 7.69. The molecule has 0 spiro atoms. The summed E-state index contributed by atoms with van der Waals surface area (Å²) in [6.07, 6.45) is -0.119. The first-order valence-corrected chi connectivity index (χ1v) is 11.9. The van der Waals surface area contributed by atoms with Gasteiger partial charge in [-0.1, -0.05) is 38.1 Å². The third kappa shape index (κ3) is 4.69. The first-order valence-electron chi connectivity index (χ1n) is 11.9. The van der Waals surface area contributed by atoms with Crippen molar-refractivity contribution in [2.24, 2.45) is 5.92 Å². The van der Waals surface area contributed by atoms with Gasteiger partial charge in [0.05, 0.1) is 25.3 Å². The standard InChI is InChI=1S/C26H32N6O2/c1-17(2)24-26(33)29-23-16-31(14-18-7-6-8-19(13-18)34-3)11-12-32(23)15-22-27-21-10-5-4-9-20(21)25(28-22)30-24/h4-10,13,17,23-24H,11-12,14-16H2,1-3H3,(H,29,33)(H,27,28,30)/t23?,24-/m0/s1. The molecule has 0 radical (unpaired) electrons. The van der Waals surface area contributed by atoms with Crippen LogP contribution in [0.25, 0.3) is 10.9 Å².